The highest BCUT2D eigenvalue weighted by Gasteiger charge is 2.42. The monoisotopic (exact) mass is 405 g/mol. The lowest BCUT2D eigenvalue weighted by Crippen LogP contribution is -2.45. The van der Waals surface area contributed by atoms with Crippen molar-refractivity contribution < 1.29 is 28.2 Å². The number of ether oxygens (including phenoxy) is 2. The molecule has 0 aromatic heterocycles. The largest absolute Gasteiger partial charge is 0.494 e. The highest BCUT2D eigenvalue weighted by molar-refractivity contribution is 5.98. The Kier molecular flexibility index (Phi) is 6.55. The fourth-order valence-electron chi connectivity index (χ4n) is 4.38. The molecule has 0 radical (unpaired) electrons. The molecule has 29 heavy (non-hydrogen) atoms. The van der Waals surface area contributed by atoms with E-state index in [1.54, 1.807) is 0 Å². The number of amides is 1. The average molecular weight is 405 g/mol. The number of Topliss-reactive ketones (excluding diaryl/α,β-unsaturated/α-hetero) is 1. The summed E-state index contributed by atoms with van der Waals surface area (Å²) in [6.45, 7) is 4.23. The van der Waals surface area contributed by atoms with E-state index in [1.807, 2.05) is 4.90 Å². The number of methoxy groups -OCH3 is 1. The van der Waals surface area contributed by atoms with Gasteiger partial charge in [-0.15, -0.1) is 0 Å². The molecule has 2 aliphatic rings. The first-order valence-electron chi connectivity index (χ1n) is 10.1. The van der Waals surface area contributed by atoms with Gasteiger partial charge >= 0.3 is 5.97 Å². The van der Waals surface area contributed by atoms with E-state index in [0.29, 0.717) is 18.4 Å². The van der Waals surface area contributed by atoms with Crippen LogP contribution in [0.1, 0.15) is 49.9 Å². The van der Waals surface area contributed by atoms with Crippen molar-refractivity contribution in [2.75, 3.05) is 20.3 Å². The Morgan fingerprint density at radius 2 is 2.00 bits per heavy atom. The van der Waals surface area contributed by atoms with E-state index in [-0.39, 0.29) is 29.7 Å². The molecule has 1 aromatic rings. The molecule has 158 valence electrons. The van der Waals surface area contributed by atoms with Crippen LogP contribution in [-0.4, -0.2) is 48.9 Å². The van der Waals surface area contributed by atoms with E-state index in [9.17, 15) is 18.8 Å². The van der Waals surface area contributed by atoms with Crippen LogP contribution in [0, 0.1) is 23.6 Å². The van der Waals surface area contributed by atoms with Crippen molar-refractivity contribution in [2.24, 2.45) is 17.8 Å². The molecule has 1 aliphatic heterocycles. The average Bonchev–Trinajstić information content (AvgIpc) is 3.09. The zero-order valence-electron chi connectivity index (χ0n) is 17.2. The van der Waals surface area contributed by atoms with E-state index in [0.717, 1.165) is 18.9 Å². The Hall–Kier alpha value is -2.44. The first-order valence-corrected chi connectivity index (χ1v) is 10.1. The van der Waals surface area contributed by atoms with Gasteiger partial charge in [-0.2, -0.15) is 0 Å². The van der Waals surface area contributed by atoms with Crippen LogP contribution in [0.15, 0.2) is 18.2 Å². The second-order valence-electron chi connectivity index (χ2n) is 8.16. The molecule has 3 rings (SSSR count). The van der Waals surface area contributed by atoms with Crippen molar-refractivity contribution >= 4 is 17.7 Å². The fourth-order valence-corrected chi connectivity index (χ4v) is 4.38. The topological polar surface area (TPSA) is 72.9 Å². The smallest absolute Gasteiger partial charge is 0.311 e. The number of hydrogen-bond donors (Lipinski definition) is 0. The highest BCUT2D eigenvalue weighted by atomic mass is 19.1. The molecular formula is C22H28FNO5. The summed E-state index contributed by atoms with van der Waals surface area (Å²) < 4.78 is 23.7. The summed E-state index contributed by atoms with van der Waals surface area (Å²) in [6, 6.07) is 3.99. The minimum atomic E-state index is -0.655. The molecule has 0 bridgehead atoms. The van der Waals surface area contributed by atoms with Crippen LogP contribution >= 0.6 is 0 Å². The lowest BCUT2D eigenvalue weighted by molar-refractivity contribution is -0.147. The molecule has 1 saturated heterocycles. The lowest BCUT2D eigenvalue weighted by atomic mass is 9.77. The Morgan fingerprint density at radius 1 is 1.24 bits per heavy atom. The molecule has 1 heterocycles. The standard InChI is InChI=1S/C22H28FNO5/c1-13-5-4-6-18(14(13)2)24-11-16(10-21(24)26)22(27)29-12-19(25)15-7-8-20(28-3)17(23)9-15/h7-9,13-14,16,18H,4-6,10-12H2,1-3H3/t13-,14+,16+,18+/m0/s1. The van der Waals surface area contributed by atoms with Crippen LogP contribution in [0.4, 0.5) is 4.39 Å². The van der Waals surface area contributed by atoms with Crippen molar-refractivity contribution in [3.05, 3.63) is 29.6 Å². The van der Waals surface area contributed by atoms with E-state index >= 15 is 0 Å². The number of nitrogens with zero attached hydrogens (tertiary/aromatic N) is 1. The normalized spacial score (nSPS) is 27.0. The molecule has 1 amide bonds. The van der Waals surface area contributed by atoms with Gasteiger partial charge in [-0.05, 0) is 36.5 Å². The molecule has 7 heteroatoms. The van der Waals surface area contributed by atoms with Gasteiger partial charge in [-0.25, -0.2) is 4.39 Å². The van der Waals surface area contributed by atoms with Crippen LogP contribution in [0.2, 0.25) is 0 Å². The lowest BCUT2D eigenvalue weighted by Gasteiger charge is -2.39. The summed E-state index contributed by atoms with van der Waals surface area (Å²) in [5, 5.41) is 0. The maximum Gasteiger partial charge on any atom is 0.311 e. The van der Waals surface area contributed by atoms with Crippen LogP contribution in [0.5, 0.6) is 5.75 Å². The van der Waals surface area contributed by atoms with Gasteiger partial charge in [0.2, 0.25) is 5.91 Å². The van der Waals surface area contributed by atoms with Gasteiger partial charge in [0.25, 0.3) is 0 Å². The highest BCUT2D eigenvalue weighted by Crippen LogP contribution is 2.36. The Bertz CT molecular complexity index is 795. The Balaban J connectivity index is 1.55. The Labute approximate surface area is 170 Å². The summed E-state index contributed by atoms with van der Waals surface area (Å²) in [6.07, 6.45) is 3.32. The fraction of sp³-hybridized carbons (Fsp3) is 0.591. The molecule has 1 aliphatic carbocycles. The number of halogens is 1. The van der Waals surface area contributed by atoms with E-state index in [4.69, 9.17) is 9.47 Å². The maximum absolute atomic E-state index is 13.7. The number of ketones is 1. The Morgan fingerprint density at radius 3 is 2.69 bits per heavy atom. The molecule has 6 nitrogen and oxygen atoms in total. The molecule has 1 saturated carbocycles. The first-order chi connectivity index (χ1) is 13.8. The molecule has 1 aromatic carbocycles. The number of esters is 1. The second-order valence-corrected chi connectivity index (χ2v) is 8.16. The van der Waals surface area contributed by atoms with Gasteiger partial charge in [-0.3, -0.25) is 14.4 Å². The van der Waals surface area contributed by atoms with Crippen molar-refractivity contribution in [1.82, 2.24) is 4.90 Å². The first kappa shape index (κ1) is 21.3. The van der Waals surface area contributed by atoms with Crippen molar-refractivity contribution in [3.63, 3.8) is 0 Å². The number of benzene rings is 1. The molecule has 0 spiro atoms. The van der Waals surface area contributed by atoms with E-state index in [2.05, 4.69) is 13.8 Å². The minimum Gasteiger partial charge on any atom is -0.494 e. The molecule has 4 atom stereocenters. The van der Waals surface area contributed by atoms with Crippen molar-refractivity contribution in [2.45, 2.75) is 45.6 Å². The van der Waals surface area contributed by atoms with Gasteiger partial charge in [-0.1, -0.05) is 26.7 Å². The summed E-state index contributed by atoms with van der Waals surface area (Å²) in [7, 11) is 1.34. The predicted molar refractivity (Wildman–Crippen MR) is 104 cm³/mol. The van der Waals surface area contributed by atoms with Gasteiger partial charge in [0.15, 0.2) is 24.0 Å². The molecular weight excluding hydrogens is 377 g/mol. The predicted octanol–water partition coefficient (Wildman–Crippen LogP) is 3.23. The van der Waals surface area contributed by atoms with Gasteiger partial charge < -0.3 is 14.4 Å². The summed E-state index contributed by atoms with van der Waals surface area (Å²) in [5.41, 5.74) is 0.102. The third-order valence-electron chi connectivity index (χ3n) is 6.38. The zero-order valence-corrected chi connectivity index (χ0v) is 17.2. The van der Waals surface area contributed by atoms with Gasteiger partial charge in [0.1, 0.15) is 0 Å². The third-order valence-corrected chi connectivity index (χ3v) is 6.38. The van der Waals surface area contributed by atoms with E-state index < -0.39 is 30.1 Å². The van der Waals surface area contributed by atoms with Crippen LogP contribution in [-0.2, 0) is 14.3 Å². The SMILES string of the molecule is COc1ccc(C(=O)COC(=O)[C@@H]2CC(=O)N([C@@H]3CCC[C@H](C)[C@H]3C)C2)cc1F. The number of carbonyl (C=O) groups excluding carboxylic acids is 3. The number of carbonyl (C=O) groups is 3. The van der Waals surface area contributed by atoms with Crippen LogP contribution in [0.25, 0.3) is 0 Å². The minimum absolute atomic E-state index is 0.0264. The zero-order chi connectivity index (χ0) is 21.1. The quantitative estimate of drug-likeness (QED) is 0.537. The second kappa shape index (κ2) is 8.93. The van der Waals surface area contributed by atoms with Gasteiger partial charge in [0, 0.05) is 24.6 Å². The summed E-state index contributed by atoms with van der Waals surface area (Å²) >= 11 is 0. The van der Waals surface area contributed by atoms with E-state index in [1.165, 1.54) is 25.7 Å². The molecule has 0 unspecified atom stereocenters. The van der Waals surface area contributed by atoms with Crippen molar-refractivity contribution in [3.8, 4) is 5.75 Å². The van der Waals surface area contributed by atoms with Crippen LogP contribution < -0.4 is 4.74 Å². The maximum atomic E-state index is 13.7. The number of likely N-dealkylation sites (tertiary alicyclic amines) is 1. The summed E-state index contributed by atoms with van der Waals surface area (Å²) in [4.78, 5) is 39.0. The van der Waals surface area contributed by atoms with Gasteiger partial charge in [0.05, 0.1) is 13.0 Å². The number of rotatable bonds is 6. The van der Waals surface area contributed by atoms with Crippen LogP contribution in [0.3, 0.4) is 0 Å². The molecule has 2 fully saturated rings. The third kappa shape index (κ3) is 4.60. The molecule has 0 N–H and O–H groups in total. The number of hydrogen-bond acceptors (Lipinski definition) is 5. The summed E-state index contributed by atoms with van der Waals surface area (Å²) in [5.74, 6) is -1.32. The van der Waals surface area contributed by atoms with Crippen molar-refractivity contribution in [1.29, 1.82) is 0 Å².